The molecule has 28 heavy (non-hydrogen) atoms. The van der Waals surface area contributed by atoms with Crippen molar-refractivity contribution < 1.29 is 13.2 Å². The first kappa shape index (κ1) is 19.1. The molecule has 1 aliphatic carbocycles. The van der Waals surface area contributed by atoms with Gasteiger partial charge in [-0.1, -0.05) is 24.5 Å². The Bertz CT molecular complexity index is 1070. The molecule has 1 aromatic heterocycles. The zero-order chi connectivity index (χ0) is 19.9. The first-order valence-electron chi connectivity index (χ1n) is 9.81. The van der Waals surface area contributed by atoms with E-state index in [9.17, 15) is 18.0 Å². The van der Waals surface area contributed by atoms with Gasteiger partial charge in [0, 0.05) is 12.1 Å². The predicted octanol–water partition coefficient (Wildman–Crippen LogP) is 1.66. The number of benzene rings is 1. The highest BCUT2D eigenvalue weighted by molar-refractivity contribution is 7.91. The van der Waals surface area contributed by atoms with Crippen LogP contribution in [0.2, 0.25) is 0 Å². The minimum Gasteiger partial charge on any atom is -0.334 e. The summed E-state index contributed by atoms with van der Waals surface area (Å²) in [6.45, 7) is 1.80. The van der Waals surface area contributed by atoms with Crippen LogP contribution in [0.15, 0.2) is 29.3 Å². The van der Waals surface area contributed by atoms with Gasteiger partial charge in [-0.3, -0.25) is 14.2 Å². The van der Waals surface area contributed by atoms with Crippen LogP contribution in [-0.4, -0.2) is 52.4 Å². The maximum absolute atomic E-state index is 13.2. The molecule has 1 aromatic carbocycles. The minimum atomic E-state index is -3.09. The molecular formula is C20H25N3O4S. The van der Waals surface area contributed by atoms with E-state index >= 15 is 0 Å². The van der Waals surface area contributed by atoms with Gasteiger partial charge in [-0.15, -0.1) is 0 Å². The van der Waals surface area contributed by atoms with Gasteiger partial charge in [0.15, 0.2) is 9.84 Å². The summed E-state index contributed by atoms with van der Waals surface area (Å²) in [5, 5.41) is 0.492. The number of carbonyl (C=O) groups excluding carboxylic acids is 1. The van der Waals surface area contributed by atoms with Gasteiger partial charge in [-0.2, -0.15) is 0 Å². The number of aryl methyl sites for hydroxylation is 1. The molecule has 0 bridgehead atoms. The van der Waals surface area contributed by atoms with Crippen LogP contribution in [0.1, 0.15) is 37.7 Å². The van der Waals surface area contributed by atoms with Gasteiger partial charge in [0.05, 0.1) is 28.7 Å². The highest BCUT2D eigenvalue weighted by atomic mass is 32.2. The molecule has 0 spiro atoms. The zero-order valence-electron chi connectivity index (χ0n) is 16.0. The topological polar surface area (TPSA) is 89.3 Å². The van der Waals surface area contributed by atoms with Crippen LogP contribution >= 0.6 is 0 Å². The van der Waals surface area contributed by atoms with E-state index in [0.29, 0.717) is 17.3 Å². The molecule has 1 saturated carbocycles. The van der Waals surface area contributed by atoms with Crippen LogP contribution in [0.5, 0.6) is 0 Å². The lowest BCUT2D eigenvalue weighted by Crippen LogP contribution is -2.49. The van der Waals surface area contributed by atoms with Gasteiger partial charge < -0.3 is 4.90 Å². The molecule has 150 valence electrons. The van der Waals surface area contributed by atoms with Crippen LogP contribution < -0.4 is 5.56 Å². The number of carbonyl (C=O) groups is 1. The van der Waals surface area contributed by atoms with Crippen molar-refractivity contribution in [3.05, 3.63) is 40.4 Å². The Balaban J connectivity index is 1.63. The number of amides is 1. The fourth-order valence-electron chi connectivity index (χ4n) is 4.50. The zero-order valence-corrected chi connectivity index (χ0v) is 16.8. The van der Waals surface area contributed by atoms with Crippen LogP contribution in [0.4, 0.5) is 0 Å². The molecule has 7 nitrogen and oxygen atoms in total. The van der Waals surface area contributed by atoms with Crippen molar-refractivity contribution >= 4 is 26.6 Å². The van der Waals surface area contributed by atoms with E-state index in [1.54, 1.807) is 17.0 Å². The van der Waals surface area contributed by atoms with Crippen molar-refractivity contribution in [1.82, 2.24) is 14.5 Å². The maximum atomic E-state index is 13.2. The molecule has 2 heterocycles. The van der Waals surface area contributed by atoms with Crippen LogP contribution in [0.25, 0.3) is 10.9 Å². The van der Waals surface area contributed by atoms with Crippen molar-refractivity contribution in [3.63, 3.8) is 0 Å². The molecule has 2 aliphatic rings. The van der Waals surface area contributed by atoms with Gasteiger partial charge in [0.2, 0.25) is 5.91 Å². The fraction of sp³-hybridized carbons (Fsp3) is 0.550. The van der Waals surface area contributed by atoms with Crippen LogP contribution in [0.3, 0.4) is 0 Å². The molecule has 2 fully saturated rings. The summed E-state index contributed by atoms with van der Waals surface area (Å²) in [6, 6.07) is 5.26. The summed E-state index contributed by atoms with van der Waals surface area (Å²) in [5.41, 5.74) is 1.32. The number of sulfone groups is 1. The largest absolute Gasteiger partial charge is 0.334 e. The number of hydrogen-bond donors (Lipinski definition) is 0. The number of rotatable bonds is 4. The third-order valence-electron chi connectivity index (χ3n) is 5.89. The van der Waals surface area contributed by atoms with Gasteiger partial charge in [-0.05, 0) is 38.3 Å². The molecule has 0 radical (unpaired) electrons. The average Bonchev–Trinajstić information content (AvgIpc) is 3.28. The van der Waals surface area contributed by atoms with E-state index in [1.807, 2.05) is 13.0 Å². The molecule has 0 N–H and O–H groups in total. The van der Waals surface area contributed by atoms with Crippen molar-refractivity contribution in [2.24, 2.45) is 0 Å². The second kappa shape index (κ2) is 7.31. The lowest BCUT2D eigenvalue weighted by atomic mass is 10.1. The second-order valence-electron chi connectivity index (χ2n) is 7.99. The van der Waals surface area contributed by atoms with E-state index in [2.05, 4.69) is 4.98 Å². The number of nitrogens with zero attached hydrogens (tertiary/aromatic N) is 3. The van der Waals surface area contributed by atoms with E-state index in [1.165, 1.54) is 10.9 Å². The lowest BCUT2D eigenvalue weighted by Gasteiger charge is -2.34. The Morgan fingerprint density at radius 3 is 2.64 bits per heavy atom. The normalized spacial score (nSPS) is 22.0. The molecule has 4 rings (SSSR count). The molecule has 8 heteroatoms. The Kier molecular flexibility index (Phi) is 4.99. The standard InChI is InChI=1S/C20H25N3O4S/c1-14-6-7-18-17(10-14)20(25)22(13-21-18)11-19(24)23(15-4-2-3-5-15)16-8-9-28(26,27)12-16/h6-7,10,13,15-16H,2-5,8-9,11-12H2,1H3. The van der Waals surface area contributed by atoms with Crippen molar-refractivity contribution in [3.8, 4) is 0 Å². The summed E-state index contributed by atoms with van der Waals surface area (Å²) < 4.78 is 25.3. The third kappa shape index (κ3) is 3.70. The Labute approximate surface area is 164 Å². The highest BCUT2D eigenvalue weighted by Gasteiger charge is 2.39. The molecule has 1 saturated heterocycles. The molecule has 1 aliphatic heterocycles. The number of fused-ring (bicyclic) bond motifs is 1. The average molecular weight is 404 g/mol. The smallest absolute Gasteiger partial charge is 0.261 e. The van der Waals surface area contributed by atoms with Crippen LogP contribution in [-0.2, 0) is 21.2 Å². The Morgan fingerprint density at radius 1 is 1.21 bits per heavy atom. The number of hydrogen-bond acceptors (Lipinski definition) is 5. The van der Waals surface area contributed by atoms with Crippen molar-refractivity contribution in [2.75, 3.05) is 11.5 Å². The monoisotopic (exact) mass is 403 g/mol. The van der Waals surface area contributed by atoms with E-state index in [4.69, 9.17) is 0 Å². The molecule has 1 atom stereocenters. The SMILES string of the molecule is Cc1ccc2ncn(CC(=O)N(C3CCCC3)C3CCS(=O)(=O)C3)c(=O)c2c1. The predicted molar refractivity (Wildman–Crippen MR) is 107 cm³/mol. The van der Waals surface area contributed by atoms with Gasteiger partial charge in [-0.25, -0.2) is 13.4 Å². The number of aromatic nitrogens is 2. The molecule has 1 unspecified atom stereocenters. The van der Waals surface area contributed by atoms with E-state index < -0.39 is 9.84 Å². The first-order valence-corrected chi connectivity index (χ1v) is 11.6. The lowest BCUT2D eigenvalue weighted by molar-refractivity contribution is -0.136. The molecule has 2 aromatic rings. The van der Waals surface area contributed by atoms with Gasteiger partial charge in [0.25, 0.3) is 5.56 Å². The summed E-state index contributed by atoms with van der Waals surface area (Å²) >= 11 is 0. The summed E-state index contributed by atoms with van der Waals surface area (Å²) in [6.07, 6.45) is 5.78. The summed E-state index contributed by atoms with van der Waals surface area (Å²) in [5.74, 6) is -0.0329. The van der Waals surface area contributed by atoms with Gasteiger partial charge in [0.1, 0.15) is 6.54 Å². The van der Waals surface area contributed by atoms with Crippen molar-refractivity contribution in [2.45, 2.75) is 57.7 Å². The first-order chi connectivity index (χ1) is 13.3. The van der Waals surface area contributed by atoms with E-state index in [-0.39, 0.29) is 41.6 Å². The maximum Gasteiger partial charge on any atom is 0.261 e. The highest BCUT2D eigenvalue weighted by Crippen LogP contribution is 2.29. The third-order valence-corrected chi connectivity index (χ3v) is 7.64. The quantitative estimate of drug-likeness (QED) is 0.775. The Hall–Kier alpha value is -2.22. The fourth-order valence-corrected chi connectivity index (χ4v) is 6.21. The summed E-state index contributed by atoms with van der Waals surface area (Å²) in [7, 11) is -3.09. The Morgan fingerprint density at radius 2 is 1.96 bits per heavy atom. The molecule has 1 amide bonds. The van der Waals surface area contributed by atoms with Crippen molar-refractivity contribution in [1.29, 1.82) is 0 Å². The molecular weight excluding hydrogens is 378 g/mol. The summed E-state index contributed by atoms with van der Waals surface area (Å²) in [4.78, 5) is 32.1. The second-order valence-corrected chi connectivity index (χ2v) is 10.2. The van der Waals surface area contributed by atoms with Gasteiger partial charge >= 0.3 is 0 Å². The van der Waals surface area contributed by atoms with Crippen LogP contribution in [0, 0.1) is 6.92 Å². The van der Waals surface area contributed by atoms with E-state index in [0.717, 1.165) is 31.2 Å². The minimum absolute atomic E-state index is 0.0271.